The summed E-state index contributed by atoms with van der Waals surface area (Å²) in [5.41, 5.74) is 0.908. The number of hydrogen-bond donors (Lipinski definition) is 0. The lowest BCUT2D eigenvalue weighted by atomic mass is 10.2. The number of fused-ring (bicyclic) bond motifs is 1. The first kappa shape index (κ1) is 13.0. The zero-order chi connectivity index (χ0) is 14.3. The van der Waals surface area contributed by atoms with Crippen molar-refractivity contribution in [3.05, 3.63) is 68.9 Å². The van der Waals surface area contributed by atoms with E-state index in [1.165, 1.54) is 22.8 Å². The van der Waals surface area contributed by atoms with Gasteiger partial charge in [0.05, 0.1) is 16.6 Å². The maximum Gasteiger partial charge on any atom is 0.265 e. The van der Waals surface area contributed by atoms with Gasteiger partial charge in [0.1, 0.15) is 11.6 Å². The summed E-state index contributed by atoms with van der Waals surface area (Å²) in [5, 5.41) is 0.403. The normalized spacial score (nSPS) is 10.9. The molecule has 0 atom stereocenters. The summed E-state index contributed by atoms with van der Waals surface area (Å²) in [6.45, 7) is 1.73. The summed E-state index contributed by atoms with van der Waals surface area (Å²) < 4.78 is 15.7. The molecule has 0 fully saturated rings. The van der Waals surface area contributed by atoms with Gasteiger partial charge in [0, 0.05) is 10.5 Å². The van der Waals surface area contributed by atoms with Gasteiger partial charge in [-0.05, 0) is 43.3 Å². The Morgan fingerprint density at radius 2 is 1.85 bits per heavy atom. The van der Waals surface area contributed by atoms with E-state index in [0.29, 0.717) is 16.7 Å². The number of nitrogens with zero attached hydrogens (tertiary/aromatic N) is 2. The van der Waals surface area contributed by atoms with E-state index in [4.69, 9.17) is 0 Å². The van der Waals surface area contributed by atoms with Crippen molar-refractivity contribution >= 4 is 26.8 Å². The maximum atomic E-state index is 13.2. The maximum absolute atomic E-state index is 13.2. The Kier molecular flexibility index (Phi) is 3.14. The standard InChI is InChI=1S/C15H10BrFN2O/c1-9-18-14-8-11(17)4-7-13(14)15(20)19(9)12-5-2-10(16)3-6-12/h2-8H,1H3. The summed E-state index contributed by atoms with van der Waals surface area (Å²) >= 11 is 3.36. The van der Waals surface area contributed by atoms with E-state index in [9.17, 15) is 9.18 Å². The zero-order valence-corrected chi connectivity index (χ0v) is 12.2. The summed E-state index contributed by atoms with van der Waals surface area (Å²) in [5.74, 6) is 0.126. The van der Waals surface area contributed by atoms with Crippen LogP contribution in [0, 0.1) is 12.7 Å². The fourth-order valence-electron chi connectivity index (χ4n) is 2.16. The molecule has 0 N–H and O–H groups in total. The molecule has 0 aliphatic carbocycles. The van der Waals surface area contributed by atoms with E-state index < -0.39 is 5.82 Å². The molecule has 0 radical (unpaired) electrons. The van der Waals surface area contributed by atoms with Gasteiger partial charge in [0.15, 0.2) is 0 Å². The molecule has 0 saturated carbocycles. The highest BCUT2D eigenvalue weighted by molar-refractivity contribution is 9.10. The van der Waals surface area contributed by atoms with Crippen molar-refractivity contribution < 1.29 is 4.39 Å². The molecule has 0 unspecified atom stereocenters. The van der Waals surface area contributed by atoms with Gasteiger partial charge in [-0.2, -0.15) is 0 Å². The van der Waals surface area contributed by atoms with Crippen LogP contribution in [0.15, 0.2) is 51.7 Å². The third-order valence-electron chi connectivity index (χ3n) is 3.08. The molecule has 3 aromatic rings. The second-order valence-corrected chi connectivity index (χ2v) is 5.35. The van der Waals surface area contributed by atoms with Gasteiger partial charge < -0.3 is 0 Å². The number of benzene rings is 2. The molecule has 3 rings (SSSR count). The van der Waals surface area contributed by atoms with Crippen LogP contribution in [0.1, 0.15) is 5.82 Å². The van der Waals surface area contributed by atoms with Crippen molar-refractivity contribution in [1.82, 2.24) is 9.55 Å². The van der Waals surface area contributed by atoms with Crippen molar-refractivity contribution in [1.29, 1.82) is 0 Å². The minimum atomic E-state index is -0.398. The average Bonchev–Trinajstić information content (AvgIpc) is 2.40. The zero-order valence-electron chi connectivity index (χ0n) is 10.6. The minimum Gasteiger partial charge on any atom is -0.268 e. The van der Waals surface area contributed by atoms with Gasteiger partial charge in [-0.3, -0.25) is 9.36 Å². The van der Waals surface area contributed by atoms with Crippen LogP contribution < -0.4 is 5.56 Å². The molecule has 0 amide bonds. The van der Waals surface area contributed by atoms with E-state index >= 15 is 0 Å². The summed E-state index contributed by atoms with van der Waals surface area (Å²) in [6, 6.07) is 11.4. The van der Waals surface area contributed by atoms with Crippen LogP contribution in [0.25, 0.3) is 16.6 Å². The molecule has 3 nitrogen and oxygen atoms in total. The summed E-state index contributed by atoms with van der Waals surface area (Å²) in [7, 11) is 0. The first-order chi connectivity index (χ1) is 9.56. The Bertz CT molecular complexity index is 856. The molecule has 2 aromatic carbocycles. The molecule has 1 aromatic heterocycles. The smallest absolute Gasteiger partial charge is 0.265 e. The second-order valence-electron chi connectivity index (χ2n) is 4.44. The third-order valence-corrected chi connectivity index (χ3v) is 3.61. The van der Waals surface area contributed by atoms with Crippen molar-refractivity contribution in [3.8, 4) is 5.69 Å². The Balaban J connectivity index is 2.34. The van der Waals surface area contributed by atoms with E-state index in [1.54, 1.807) is 6.92 Å². The molecule has 0 bridgehead atoms. The van der Waals surface area contributed by atoms with Crippen LogP contribution in [0.3, 0.4) is 0 Å². The Morgan fingerprint density at radius 3 is 2.55 bits per heavy atom. The first-order valence-electron chi connectivity index (χ1n) is 6.01. The van der Waals surface area contributed by atoms with Gasteiger partial charge in [0.2, 0.25) is 0 Å². The van der Waals surface area contributed by atoms with Gasteiger partial charge >= 0.3 is 0 Å². The second kappa shape index (κ2) is 4.83. The number of halogens is 2. The molecule has 0 aliphatic heterocycles. The topological polar surface area (TPSA) is 34.9 Å². The molecular weight excluding hydrogens is 323 g/mol. The monoisotopic (exact) mass is 332 g/mol. The van der Waals surface area contributed by atoms with Crippen LogP contribution >= 0.6 is 15.9 Å². The van der Waals surface area contributed by atoms with Gasteiger partial charge in [-0.15, -0.1) is 0 Å². The lowest BCUT2D eigenvalue weighted by molar-refractivity contribution is 0.629. The van der Waals surface area contributed by atoms with Gasteiger partial charge in [0.25, 0.3) is 5.56 Å². The van der Waals surface area contributed by atoms with E-state index in [-0.39, 0.29) is 5.56 Å². The van der Waals surface area contributed by atoms with Crippen LogP contribution in [-0.4, -0.2) is 9.55 Å². The summed E-state index contributed by atoms with van der Waals surface area (Å²) in [6.07, 6.45) is 0. The lowest BCUT2D eigenvalue weighted by Crippen LogP contribution is -2.22. The fraction of sp³-hybridized carbons (Fsp3) is 0.0667. The van der Waals surface area contributed by atoms with Crippen LogP contribution in [0.4, 0.5) is 4.39 Å². The molecule has 0 spiro atoms. The van der Waals surface area contributed by atoms with Gasteiger partial charge in [-0.1, -0.05) is 15.9 Å². The third kappa shape index (κ3) is 2.14. The molecule has 0 aliphatic rings. The van der Waals surface area contributed by atoms with E-state index in [2.05, 4.69) is 20.9 Å². The fourth-order valence-corrected chi connectivity index (χ4v) is 2.43. The highest BCUT2D eigenvalue weighted by Crippen LogP contribution is 2.16. The highest BCUT2D eigenvalue weighted by Gasteiger charge is 2.10. The lowest BCUT2D eigenvalue weighted by Gasteiger charge is -2.10. The van der Waals surface area contributed by atoms with Crippen molar-refractivity contribution in [3.63, 3.8) is 0 Å². The number of hydrogen-bond acceptors (Lipinski definition) is 2. The molecule has 20 heavy (non-hydrogen) atoms. The average molecular weight is 333 g/mol. The Hall–Kier alpha value is -2.01. The van der Waals surface area contributed by atoms with Crippen LogP contribution in [0.2, 0.25) is 0 Å². The number of rotatable bonds is 1. The predicted molar refractivity (Wildman–Crippen MR) is 79.7 cm³/mol. The van der Waals surface area contributed by atoms with Crippen LogP contribution in [0.5, 0.6) is 0 Å². The van der Waals surface area contributed by atoms with E-state index in [1.807, 2.05) is 24.3 Å². The highest BCUT2D eigenvalue weighted by atomic mass is 79.9. The predicted octanol–water partition coefficient (Wildman–Crippen LogP) is 3.60. The number of aromatic nitrogens is 2. The Labute approximate surface area is 122 Å². The SMILES string of the molecule is Cc1nc2cc(F)ccc2c(=O)n1-c1ccc(Br)cc1. The van der Waals surface area contributed by atoms with Gasteiger partial charge in [-0.25, -0.2) is 9.37 Å². The summed E-state index contributed by atoms with van der Waals surface area (Å²) in [4.78, 5) is 16.8. The van der Waals surface area contributed by atoms with Crippen molar-refractivity contribution in [2.75, 3.05) is 0 Å². The molecule has 100 valence electrons. The largest absolute Gasteiger partial charge is 0.268 e. The Morgan fingerprint density at radius 1 is 1.15 bits per heavy atom. The quantitative estimate of drug-likeness (QED) is 0.682. The minimum absolute atomic E-state index is 0.199. The molecule has 0 saturated heterocycles. The molecular formula is C15H10BrFN2O. The van der Waals surface area contributed by atoms with Crippen molar-refractivity contribution in [2.45, 2.75) is 6.92 Å². The van der Waals surface area contributed by atoms with Crippen LogP contribution in [-0.2, 0) is 0 Å². The number of aryl methyl sites for hydroxylation is 1. The van der Waals surface area contributed by atoms with E-state index in [0.717, 1.165) is 10.2 Å². The molecule has 5 heteroatoms. The van der Waals surface area contributed by atoms with Crippen molar-refractivity contribution in [2.24, 2.45) is 0 Å². The first-order valence-corrected chi connectivity index (χ1v) is 6.80. The molecule has 1 heterocycles.